The van der Waals surface area contributed by atoms with Crippen molar-refractivity contribution in [2.75, 3.05) is 31.9 Å². The molecule has 0 spiro atoms. The van der Waals surface area contributed by atoms with Gasteiger partial charge in [-0.1, -0.05) is 24.3 Å². The average Bonchev–Trinajstić information content (AvgIpc) is 3.33. The van der Waals surface area contributed by atoms with Crippen LogP contribution in [-0.4, -0.2) is 73.7 Å². The number of amides is 2. The van der Waals surface area contributed by atoms with Gasteiger partial charge in [0, 0.05) is 42.9 Å². The SMILES string of the molecule is CC(C)(C)OC(=O)N1CCCN(C(=O)c2ccc(-c3cnc(N)c(-c4nnc(-c5ccccc5)o4)n3)c(C#N)c2)CC1. The van der Waals surface area contributed by atoms with Crippen LogP contribution in [0.4, 0.5) is 10.6 Å². The van der Waals surface area contributed by atoms with E-state index in [1.165, 1.54) is 12.3 Å². The molecule has 42 heavy (non-hydrogen) atoms. The molecule has 0 saturated carbocycles. The molecule has 0 radical (unpaired) electrons. The summed E-state index contributed by atoms with van der Waals surface area (Å²) < 4.78 is 11.3. The van der Waals surface area contributed by atoms with Gasteiger partial charge in [0.15, 0.2) is 11.5 Å². The Morgan fingerprint density at radius 3 is 2.45 bits per heavy atom. The highest BCUT2D eigenvalue weighted by Crippen LogP contribution is 2.29. The minimum absolute atomic E-state index is 0.0904. The topological polar surface area (TPSA) is 164 Å². The quantitative estimate of drug-likeness (QED) is 0.374. The van der Waals surface area contributed by atoms with Crippen molar-refractivity contribution in [1.82, 2.24) is 30.0 Å². The van der Waals surface area contributed by atoms with Gasteiger partial charge in [0.1, 0.15) is 5.60 Å². The number of benzene rings is 2. The molecular weight excluding hydrogens is 536 g/mol. The zero-order valence-electron chi connectivity index (χ0n) is 23.6. The maximum Gasteiger partial charge on any atom is 0.410 e. The summed E-state index contributed by atoms with van der Waals surface area (Å²) in [4.78, 5) is 38.0. The predicted molar refractivity (Wildman–Crippen MR) is 154 cm³/mol. The second-order valence-electron chi connectivity index (χ2n) is 10.8. The van der Waals surface area contributed by atoms with Gasteiger partial charge in [-0.05, 0) is 51.5 Å². The molecule has 1 aliphatic rings. The number of hydrogen-bond donors (Lipinski definition) is 1. The van der Waals surface area contributed by atoms with Crippen molar-refractivity contribution < 1.29 is 18.7 Å². The first-order valence-electron chi connectivity index (χ1n) is 13.5. The highest BCUT2D eigenvalue weighted by atomic mass is 16.6. The van der Waals surface area contributed by atoms with Gasteiger partial charge >= 0.3 is 6.09 Å². The maximum atomic E-state index is 13.4. The molecule has 1 saturated heterocycles. The van der Waals surface area contributed by atoms with E-state index in [4.69, 9.17) is 14.9 Å². The van der Waals surface area contributed by atoms with E-state index in [9.17, 15) is 14.9 Å². The Kier molecular flexibility index (Phi) is 7.84. The summed E-state index contributed by atoms with van der Waals surface area (Å²) in [5, 5.41) is 18.1. The summed E-state index contributed by atoms with van der Waals surface area (Å²) in [6.45, 7) is 7.13. The zero-order chi connectivity index (χ0) is 29.9. The van der Waals surface area contributed by atoms with Crippen LogP contribution in [0.2, 0.25) is 0 Å². The fourth-order valence-electron chi connectivity index (χ4n) is 4.51. The van der Waals surface area contributed by atoms with Gasteiger partial charge in [-0.25, -0.2) is 14.8 Å². The number of rotatable bonds is 4. The summed E-state index contributed by atoms with van der Waals surface area (Å²) in [6.07, 6.45) is 1.67. The molecule has 0 bridgehead atoms. The standard InChI is InChI=1S/C30H30N8O4/c1-30(2,3)42-29(40)38-13-7-12-37(14-15-38)28(39)20-10-11-22(21(16-20)17-31)23-18-33-25(32)24(34-23)27-36-35-26(41-27)19-8-5-4-6-9-19/h4-6,8-11,16,18H,7,12-15H2,1-3H3,(H2,32,33). The highest BCUT2D eigenvalue weighted by molar-refractivity contribution is 5.95. The Labute approximate surface area is 242 Å². The van der Waals surface area contributed by atoms with Crippen LogP contribution in [0.15, 0.2) is 59.1 Å². The van der Waals surface area contributed by atoms with Crippen LogP contribution in [0.5, 0.6) is 0 Å². The molecule has 2 amide bonds. The molecule has 2 aromatic carbocycles. The first-order chi connectivity index (χ1) is 20.1. The Morgan fingerprint density at radius 2 is 1.71 bits per heavy atom. The zero-order valence-corrected chi connectivity index (χ0v) is 23.6. The smallest absolute Gasteiger partial charge is 0.410 e. The van der Waals surface area contributed by atoms with Gasteiger partial charge in [0.2, 0.25) is 5.89 Å². The number of nitrogens with zero attached hydrogens (tertiary/aromatic N) is 7. The van der Waals surface area contributed by atoms with Crippen LogP contribution < -0.4 is 5.73 Å². The minimum atomic E-state index is -0.597. The third-order valence-electron chi connectivity index (χ3n) is 6.55. The van der Waals surface area contributed by atoms with Crippen molar-refractivity contribution >= 4 is 17.8 Å². The number of nitrogen functional groups attached to an aromatic ring is 1. The van der Waals surface area contributed by atoms with E-state index >= 15 is 0 Å². The number of carbonyl (C=O) groups is 2. The molecule has 2 aromatic heterocycles. The van der Waals surface area contributed by atoms with E-state index in [0.717, 1.165) is 5.56 Å². The first kappa shape index (κ1) is 28.2. The van der Waals surface area contributed by atoms with Crippen LogP contribution in [0.1, 0.15) is 43.1 Å². The van der Waals surface area contributed by atoms with Crippen LogP contribution in [0.25, 0.3) is 34.3 Å². The third kappa shape index (κ3) is 6.20. The normalized spacial score (nSPS) is 13.8. The largest absolute Gasteiger partial charge is 0.444 e. The number of hydrogen-bond acceptors (Lipinski definition) is 10. The van der Waals surface area contributed by atoms with Crippen molar-refractivity contribution in [2.45, 2.75) is 32.8 Å². The molecule has 0 atom stereocenters. The number of carbonyl (C=O) groups excluding carboxylic acids is 2. The molecular formula is C30H30N8O4. The molecule has 5 rings (SSSR count). The molecule has 12 nitrogen and oxygen atoms in total. The third-order valence-corrected chi connectivity index (χ3v) is 6.55. The summed E-state index contributed by atoms with van der Waals surface area (Å²) >= 11 is 0. The van der Waals surface area contributed by atoms with Crippen molar-refractivity contribution in [3.63, 3.8) is 0 Å². The minimum Gasteiger partial charge on any atom is -0.444 e. The van der Waals surface area contributed by atoms with E-state index < -0.39 is 11.7 Å². The molecule has 214 valence electrons. The summed E-state index contributed by atoms with van der Waals surface area (Å²) in [5.41, 5.74) is 7.84. The van der Waals surface area contributed by atoms with E-state index in [-0.39, 0.29) is 28.9 Å². The van der Waals surface area contributed by atoms with Gasteiger partial charge in [-0.15, -0.1) is 10.2 Å². The molecule has 12 heteroatoms. The van der Waals surface area contributed by atoms with Crippen molar-refractivity contribution in [3.8, 4) is 40.4 Å². The molecule has 0 unspecified atom stereocenters. The summed E-state index contributed by atoms with van der Waals surface area (Å²) in [6, 6.07) is 16.3. The number of anilines is 1. The lowest BCUT2D eigenvalue weighted by Crippen LogP contribution is -2.40. The van der Waals surface area contributed by atoms with Crippen LogP contribution >= 0.6 is 0 Å². The van der Waals surface area contributed by atoms with Crippen molar-refractivity contribution in [3.05, 3.63) is 65.9 Å². The summed E-state index contributed by atoms with van der Waals surface area (Å²) in [5.74, 6) is 0.259. The van der Waals surface area contributed by atoms with Gasteiger partial charge in [-0.3, -0.25) is 4.79 Å². The van der Waals surface area contributed by atoms with Crippen molar-refractivity contribution in [2.24, 2.45) is 0 Å². The highest BCUT2D eigenvalue weighted by Gasteiger charge is 2.27. The second-order valence-corrected chi connectivity index (χ2v) is 10.8. The van der Waals surface area contributed by atoms with Gasteiger partial charge in [0.25, 0.3) is 11.8 Å². The number of nitriles is 1. The van der Waals surface area contributed by atoms with Gasteiger partial charge in [-0.2, -0.15) is 5.26 Å². The van der Waals surface area contributed by atoms with Crippen LogP contribution in [-0.2, 0) is 4.74 Å². The number of nitrogens with two attached hydrogens (primary N) is 1. The maximum absolute atomic E-state index is 13.4. The van der Waals surface area contributed by atoms with E-state index in [0.29, 0.717) is 55.3 Å². The lowest BCUT2D eigenvalue weighted by atomic mass is 10.0. The average molecular weight is 567 g/mol. The molecule has 1 aliphatic heterocycles. The molecule has 2 N–H and O–H groups in total. The lowest BCUT2D eigenvalue weighted by molar-refractivity contribution is 0.0255. The predicted octanol–water partition coefficient (Wildman–Crippen LogP) is 4.40. The monoisotopic (exact) mass is 566 g/mol. The Bertz CT molecular complexity index is 1660. The molecule has 4 aromatic rings. The summed E-state index contributed by atoms with van der Waals surface area (Å²) in [7, 11) is 0. The fraction of sp³-hybridized carbons (Fsp3) is 0.300. The molecule has 1 fully saturated rings. The fourth-order valence-corrected chi connectivity index (χ4v) is 4.51. The van der Waals surface area contributed by atoms with Crippen LogP contribution in [0.3, 0.4) is 0 Å². The van der Waals surface area contributed by atoms with E-state index in [1.54, 1.807) is 21.9 Å². The lowest BCUT2D eigenvalue weighted by Gasteiger charge is -2.26. The number of aromatic nitrogens is 4. The Hall–Kier alpha value is -5.31. The van der Waals surface area contributed by atoms with E-state index in [1.807, 2.05) is 51.1 Å². The Balaban J connectivity index is 1.35. The van der Waals surface area contributed by atoms with E-state index in [2.05, 4.69) is 26.2 Å². The number of ether oxygens (including phenoxy) is 1. The van der Waals surface area contributed by atoms with Crippen molar-refractivity contribution in [1.29, 1.82) is 5.26 Å². The Morgan fingerprint density at radius 1 is 1.00 bits per heavy atom. The molecule has 0 aliphatic carbocycles. The first-order valence-corrected chi connectivity index (χ1v) is 13.5. The van der Waals surface area contributed by atoms with Gasteiger partial charge < -0.3 is 24.7 Å². The second kappa shape index (κ2) is 11.7. The van der Waals surface area contributed by atoms with Crippen LogP contribution in [0, 0.1) is 11.3 Å². The molecule has 3 heterocycles. The van der Waals surface area contributed by atoms with Gasteiger partial charge in [0.05, 0.1) is 23.5 Å².